The summed E-state index contributed by atoms with van der Waals surface area (Å²) in [5.74, 6) is 1.87. The summed E-state index contributed by atoms with van der Waals surface area (Å²) in [4.78, 5) is 17.3. The number of rotatable bonds is 6. The standard InChI is InChI=1S/C24H24N4OS/c29-21(25-20-14-16-11-12-19(20)13-16)15-30-24-26-22(17-7-3-1-4-8-17)23(27-28-24)18-9-5-2-6-10-18/h1-10,16,19-20H,11-15H2,(H,25,29)/t16-,19+,20-/m0/s1. The third-order valence-electron chi connectivity index (χ3n) is 6.18. The zero-order valence-corrected chi connectivity index (χ0v) is 17.5. The molecule has 2 saturated carbocycles. The molecule has 0 saturated heterocycles. The number of thioether (sulfide) groups is 1. The smallest absolute Gasteiger partial charge is 0.230 e. The molecule has 2 aromatic carbocycles. The number of amides is 1. The normalized spacial score (nSPS) is 22.2. The molecule has 30 heavy (non-hydrogen) atoms. The topological polar surface area (TPSA) is 67.8 Å². The fourth-order valence-electron chi connectivity index (χ4n) is 4.76. The average Bonchev–Trinajstić information content (AvgIpc) is 3.42. The molecule has 3 atom stereocenters. The Labute approximate surface area is 180 Å². The first-order chi connectivity index (χ1) is 14.8. The number of hydrogen-bond donors (Lipinski definition) is 1. The lowest BCUT2D eigenvalue weighted by Crippen LogP contribution is -2.39. The van der Waals surface area contributed by atoms with Crippen LogP contribution >= 0.6 is 11.8 Å². The van der Waals surface area contributed by atoms with Gasteiger partial charge in [-0.05, 0) is 31.1 Å². The molecule has 1 aromatic heterocycles. The van der Waals surface area contributed by atoms with E-state index in [-0.39, 0.29) is 5.91 Å². The third-order valence-corrected chi connectivity index (χ3v) is 7.02. The summed E-state index contributed by atoms with van der Waals surface area (Å²) in [6.45, 7) is 0. The molecule has 1 amide bonds. The summed E-state index contributed by atoms with van der Waals surface area (Å²) in [7, 11) is 0. The first kappa shape index (κ1) is 19.2. The predicted molar refractivity (Wildman–Crippen MR) is 119 cm³/mol. The van der Waals surface area contributed by atoms with Crippen molar-refractivity contribution in [2.45, 2.75) is 36.9 Å². The van der Waals surface area contributed by atoms with Crippen LogP contribution in [0.2, 0.25) is 0 Å². The molecular formula is C24H24N4OS. The maximum absolute atomic E-state index is 12.5. The lowest BCUT2D eigenvalue weighted by molar-refractivity contribution is -0.119. The van der Waals surface area contributed by atoms with Gasteiger partial charge >= 0.3 is 0 Å². The van der Waals surface area contributed by atoms with Gasteiger partial charge < -0.3 is 5.32 Å². The minimum absolute atomic E-state index is 0.0644. The van der Waals surface area contributed by atoms with Gasteiger partial charge in [-0.1, -0.05) is 78.8 Å². The van der Waals surface area contributed by atoms with Crippen LogP contribution in [0.1, 0.15) is 25.7 Å². The summed E-state index contributed by atoms with van der Waals surface area (Å²) in [6, 6.07) is 20.3. The van der Waals surface area contributed by atoms with Crippen molar-refractivity contribution in [1.82, 2.24) is 20.5 Å². The Bertz CT molecular complexity index is 1030. The zero-order chi connectivity index (χ0) is 20.3. The lowest BCUT2D eigenvalue weighted by atomic mass is 9.95. The molecule has 5 nitrogen and oxygen atoms in total. The monoisotopic (exact) mass is 416 g/mol. The van der Waals surface area contributed by atoms with E-state index < -0.39 is 0 Å². The van der Waals surface area contributed by atoms with Crippen molar-refractivity contribution in [3.05, 3.63) is 60.7 Å². The zero-order valence-electron chi connectivity index (χ0n) is 16.7. The van der Waals surface area contributed by atoms with E-state index in [9.17, 15) is 4.79 Å². The van der Waals surface area contributed by atoms with Crippen molar-refractivity contribution in [2.75, 3.05) is 5.75 Å². The Balaban J connectivity index is 1.32. The number of benzene rings is 2. The Kier molecular flexibility index (Phi) is 5.49. The van der Waals surface area contributed by atoms with E-state index in [1.807, 2.05) is 60.7 Å². The lowest BCUT2D eigenvalue weighted by Gasteiger charge is -2.22. The molecule has 2 aliphatic carbocycles. The predicted octanol–water partition coefficient (Wildman–Crippen LogP) is 4.60. The number of carbonyl (C=O) groups is 1. The molecule has 2 bridgehead atoms. The molecule has 1 N–H and O–H groups in total. The van der Waals surface area contributed by atoms with Gasteiger partial charge in [-0.3, -0.25) is 4.79 Å². The largest absolute Gasteiger partial charge is 0.352 e. The second-order valence-electron chi connectivity index (χ2n) is 8.16. The minimum atomic E-state index is 0.0644. The highest BCUT2D eigenvalue weighted by Gasteiger charge is 2.40. The van der Waals surface area contributed by atoms with Crippen LogP contribution in [0.15, 0.2) is 65.8 Å². The van der Waals surface area contributed by atoms with Crippen LogP contribution in [0.4, 0.5) is 0 Å². The van der Waals surface area contributed by atoms with Gasteiger partial charge in [0.2, 0.25) is 11.1 Å². The van der Waals surface area contributed by atoms with Crippen LogP contribution in [0, 0.1) is 11.8 Å². The highest BCUT2D eigenvalue weighted by molar-refractivity contribution is 7.99. The van der Waals surface area contributed by atoms with Crippen molar-refractivity contribution in [3.63, 3.8) is 0 Å². The maximum Gasteiger partial charge on any atom is 0.230 e. The highest BCUT2D eigenvalue weighted by atomic mass is 32.2. The summed E-state index contributed by atoms with van der Waals surface area (Å²) < 4.78 is 0. The molecule has 0 spiro atoms. The van der Waals surface area contributed by atoms with Crippen molar-refractivity contribution >= 4 is 17.7 Å². The number of hydrogen-bond acceptors (Lipinski definition) is 5. The number of carbonyl (C=O) groups excluding carboxylic acids is 1. The van der Waals surface area contributed by atoms with Gasteiger partial charge in [-0.2, -0.15) is 0 Å². The first-order valence-electron chi connectivity index (χ1n) is 10.5. The van der Waals surface area contributed by atoms with Crippen LogP contribution in [-0.4, -0.2) is 32.9 Å². The van der Waals surface area contributed by atoms with Crippen LogP contribution < -0.4 is 5.32 Å². The van der Waals surface area contributed by atoms with E-state index in [0.29, 0.717) is 22.9 Å². The summed E-state index contributed by atoms with van der Waals surface area (Å²) >= 11 is 1.35. The second-order valence-corrected chi connectivity index (χ2v) is 9.10. The van der Waals surface area contributed by atoms with Crippen molar-refractivity contribution in [2.24, 2.45) is 11.8 Å². The second kappa shape index (κ2) is 8.56. The summed E-state index contributed by atoms with van der Waals surface area (Å²) in [6.07, 6.45) is 5.02. The van der Waals surface area contributed by atoms with E-state index in [2.05, 4.69) is 15.5 Å². The molecule has 2 fully saturated rings. The molecule has 1 heterocycles. The first-order valence-corrected chi connectivity index (χ1v) is 11.5. The van der Waals surface area contributed by atoms with Crippen LogP contribution in [0.5, 0.6) is 0 Å². The Morgan fingerprint density at radius 1 is 0.900 bits per heavy atom. The van der Waals surface area contributed by atoms with Crippen molar-refractivity contribution in [3.8, 4) is 22.5 Å². The summed E-state index contributed by atoms with van der Waals surface area (Å²) in [5.41, 5.74) is 3.49. The molecule has 5 rings (SSSR count). The molecular weight excluding hydrogens is 392 g/mol. The number of fused-ring (bicyclic) bond motifs is 2. The minimum Gasteiger partial charge on any atom is -0.352 e. The maximum atomic E-state index is 12.5. The van der Waals surface area contributed by atoms with E-state index in [4.69, 9.17) is 4.98 Å². The van der Waals surface area contributed by atoms with Gasteiger partial charge in [0.1, 0.15) is 11.4 Å². The Morgan fingerprint density at radius 2 is 1.60 bits per heavy atom. The van der Waals surface area contributed by atoms with Gasteiger partial charge in [-0.15, -0.1) is 10.2 Å². The van der Waals surface area contributed by atoms with E-state index in [0.717, 1.165) is 34.9 Å². The Morgan fingerprint density at radius 3 is 2.23 bits per heavy atom. The average molecular weight is 417 g/mol. The van der Waals surface area contributed by atoms with E-state index in [1.54, 1.807) is 0 Å². The van der Waals surface area contributed by atoms with Gasteiger partial charge in [0.05, 0.1) is 5.75 Å². The van der Waals surface area contributed by atoms with Crippen LogP contribution in [0.25, 0.3) is 22.5 Å². The SMILES string of the molecule is O=C(CSc1nnc(-c2ccccc2)c(-c2ccccc2)n1)N[C@H]1C[C@H]2CC[C@@H]1C2. The van der Waals surface area contributed by atoms with Crippen LogP contribution in [0.3, 0.4) is 0 Å². The number of nitrogens with one attached hydrogen (secondary N) is 1. The molecule has 0 radical (unpaired) electrons. The molecule has 152 valence electrons. The quantitative estimate of drug-likeness (QED) is 0.595. The van der Waals surface area contributed by atoms with E-state index >= 15 is 0 Å². The number of aromatic nitrogens is 3. The van der Waals surface area contributed by atoms with Gasteiger partial charge in [0, 0.05) is 17.2 Å². The molecule has 0 aliphatic heterocycles. The third kappa shape index (κ3) is 4.10. The molecule has 3 aromatic rings. The summed E-state index contributed by atoms with van der Waals surface area (Å²) in [5, 5.41) is 12.5. The van der Waals surface area contributed by atoms with Gasteiger partial charge in [-0.25, -0.2) is 4.98 Å². The number of nitrogens with zero attached hydrogens (tertiary/aromatic N) is 3. The fraction of sp³-hybridized carbons (Fsp3) is 0.333. The Hall–Kier alpha value is -2.73. The van der Waals surface area contributed by atoms with Crippen molar-refractivity contribution < 1.29 is 4.79 Å². The van der Waals surface area contributed by atoms with Crippen LogP contribution in [-0.2, 0) is 4.79 Å². The molecule has 2 aliphatic rings. The highest BCUT2D eigenvalue weighted by Crippen LogP contribution is 2.44. The van der Waals surface area contributed by atoms with E-state index in [1.165, 1.54) is 31.0 Å². The molecule has 6 heteroatoms. The van der Waals surface area contributed by atoms with Gasteiger partial charge in [0.25, 0.3) is 0 Å². The van der Waals surface area contributed by atoms with Crippen molar-refractivity contribution in [1.29, 1.82) is 0 Å². The fourth-order valence-corrected chi connectivity index (χ4v) is 5.36. The molecule has 0 unspecified atom stereocenters. The van der Waals surface area contributed by atoms with Gasteiger partial charge in [0.15, 0.2) is 0 Å².